The Labute approximate surface area is 138 Å². The highest BCUT2D eigenvalue weighted by molar-refractivity contribution is 14.1. The summed E-state index contributed by atoms with van der Waals surface area (Å²) in [6, 6.07) is 7.49. The topological polar surface area (TPSA) is 84.6 Å². The SMILES string of the molecule is CC(C)(N)C(=O)NCC(O)COc1ccc(I)cc1.Cl. The molecule has 5 nitrogen and oxygen atoms in total. The van der Waals surface area contributed by atoms with Gasteiger partial charge in [-0.05, 0) is 60.7 Å². The van der Waals surface area contributed by atoms with E-state index in [1.54, 1.807) is 13.8 Å². The molecule has 0 spiro atoms. The predicted octanol–water partition coefficient (Wildman–Crippen LogP) is 1.31. The lowest BCUT2D eigenvalue weighted by atomic mass is 10.1. The van der Waals surface area contributed by atoms with Crippen molar-refractivity contribution < 1.29 is 14.6 Å². The van der Waals surface area contributed by atoms with E-state index in [0.29, 0.717) is 5.75 Å². The van der Waals surface area contributed by atoms with Crippen LogP contribution >= 0.6 is 35.0 Å². The zero-order valence-electron chi connectivity index (χ0n) is 11.4. The molecule has 1 unspecified atom stereocenters. The van der Waals surface area contributed by atoms with Gasteiger partial charge in [0.05, 0.1) is 5.54 Å². The van der Waals surface area contributed by atoms with Gasteiger partial charge >= 0.3 is 0 Å². The van der Waals surface area contributed by atoms with Gasteiger partial charge in [-0.2, -0.15) is 0 Å². The van der Waals surface area contributed by atoms with Crippen molar-refractivity contribution in [3.8, 4) is 5.75 Å². The van der Waals surface area contributed by atoms with E-state index >= 15 is 0 Å². The highest BCUT2D eigenvalue weighted by atomic mass is 127. The van der Waals surface area contributed by atoms with Gasteiger partial charge < -0.3 is 20.9 Å². The Morgan fingerprint density at radius 3 is 2.50 bits per heavy atom. The summed E-state index contributed by atoms with van der Waals surface area (Å²) in [5, 5.41) is 12.3. The van der Waals surface area contributed by atoms with Crippen LogP contribution in [0.1, 0.15) is 13.8 Å². The summed E-state index contributed by atoms with van der Waals surface area (Å²) in [4.78, 5) is 11.5. The quantitative estimate of drug-likeness (QED) is 0.613. The fourth-order valence-electron chi connectivity index (χ4n) is 1.22. The van der Waals surface area contributed by atoms with Gasteiger partial charge in [0.2, 0.25) is 5.91 Å². The Bertz CT molecular complexity index is 421. The van der Waals surface area contributed by atoms with Crippen molar-refractivity contribution in [2.45, 2.75) is 25.5 Å². The van der Waals surface area contributed by atoms with Crippen LogP contribution in [0.5, 0.6) is 5.75 Å². The molecule has 7 heteroatoms. The number of carbonyl (C=O) groups excluding carboxylic acids is 1. The summed E-state index contributed by atoms with van der Waals surface area (Å²) in [6.45, 7) is 3.45. The van der Waals surface area contributed by atoms with Crippen LogP contribution in [-0.4, -0.2) is 35.8 Å². The number of carbonyl (C=O) groups is 1. The van der Waals surface area contributed by atoms with Gasteiger partial charge in [-0.25, -0.2) is 0 Å². The molecule has 0 aliphatic carbocycles. The lowest BCUT2D eigenvalue weighted by molar-refractivity contribution is -0.125. The number of ether oxygens (including phenoxy) is 1. The summed E-state index contributed by atoms with van der Waals surface area (Å²) < 4.78 is 6.52. The van der Waals surface area contributed by atoms with Crippen LogP contribution in [0.2, 0.25) is 0 Å². The fourth-order valence-corrected chi connectivity index (χ4v) is 1.58. The van der Waals surface area contributed by atoms with Gasteiger partial charge in [-0.15, -0.1) is 12.4 Å². The number of nitrogens with one attached hydrogen (secondary N) is 1. The van der Waals surface area contributed by atoms with Crippen LogP contribution in [0.3, 0.4) is 0 Å². The molecule has 1 atom stereocenters. The summed E-state index contributed by atoms with van der Waals surface area (Å²) in [7, 11) is 0. The molecule has 0 radical (unpaired) electrons. The molecule has 1 amide bonds. The number of nitrogens with two attached hydrogens (primary N) is 1. The van der Waals surface area contributed by atoms with Crippen molar-refractivity contribution in [3.05, 3.63) is 27.8 Å². The number of rotatable bonds is 6. The van der Waals surface area contributed by atoms with Crippen LogP contribution in [0.25, 0.3) is 0 Å². The third kappa shape index (κ3) is 7.28. The number of benzene rings is 1. The second-order valence-electron chi connectivity index (χ2n) is 4.85. The molecule has 0 aliphatic heterocycles. The Hall–Kier alpha value is -0.570. The van der Waals surface area contributed by atoms with Crippen LogP contribution in [0, 0.1) is 3.57 Å². The second-order valence-corrected chi connectivity index (χ2v) is 6.10. The van der Waals surface area contributed by atoms with E-state index < -0.39 is 11.6 Å². The van der Waals surface area contributed by atoms with E-state index in [1.807, 2.05) is 24.3 Å². The Morgan fingerprint density at radius 1 is 1.45 bits per heavy atom. The van der Waals surface area contributed by atoms with Crippen LogP contribution in [-0.2, 0) is 4.79 Å². The van der Waals surface area contributed by atoms with E-state index in [9.17, 15) is 9.90 Å². The fraction of sp³-hybridized carbons (Fsp3) is 0.462. The van der Waals surface area contributed by atoms with E-state index in [4.69, 9.17) is 10.5 Å². The minimum atomic E-state index is -0.948. The Kier molecular flexibility index (Phi) is 8.41. The molecule has 1 rings (SSSR count). The molecule has 0 bridgehead atoms. The largest absolute Gasteiger partial charge is 0.491 e. The first-order chi connectivity index (χ1) is 8.79. The lowest BCUT2D eigenvalue weighted by Crippen LogP contribution is -2.51. The predicted molar refractivity (Wildman–Crippen MR) is 89.2 cm³/mol. The van der Waals surface area contributed by atoms with Crippen molar-refractivity contribution in [2.75, 3.05) is 13.2 Å². The first kappa shape index (κ1) is 19.4. The van der Waals surface area contributed by atoms with Gasteiger partial charge in [-0.1, -0.05) is 0 Å². The summed E-state index contributed by atoms with van der Waals surface area (Å²) in [6.07, 6.45) is -0.773. The molecular formula is C13H20ClIN2O3. The van der Waals surface area contributed by atoms with E-state index in [0.717, 1.165) is 3.57 Å². The summed E-state index contributed by atoms with van der Waals surface area (Å²) in [5.74, 6) is 0.380. The van der Waals surface area contributed by atoms with Gasteiger partial charge in [0.1, 0.15) is 18.5 Å². The van der Waals surface area contributed by atoms with E-state index in [-0.39, 0.29) is 31.5 Å². The number of hydrogen-bond acceptors (Lipinski definition) is 4. The molecule has 0 heterocycles. The molecule has 0 saturated carbocycles. The highest BCUT2D eigenvalue weighted by Gasteiger charge is 2.22. The molecule has 4 N–H and O–H groups in total. The van der Waals surface area contributed by atoms with Crippen molar-refractivity contribution in [3.63, 3.8) is 0 Å². The number of halogens is 2. The molecule has 20 heavy (non-hydrogen) atoms. The Morgan fingerprint density at radius 2 is 2.00 bits per heavy atom. The average molecular weight is 415 g/mol. The number of hydrogen-bond donors (Lipinski definition) is 3. The number of amides is 1. The molecular weight excluding hydrogens is 395 g/mol. The van der Waals surface area contributed by atoms with Gasteiger partial charge in [0.25, 0.3) is 0 Å². The number of aliphatic hydroxyl groups is 1. The molecule has 0 aromatic heterocycles. The van der Waals surface area contributed by atoms with Crippen LogP contribution in [0.15, 0.2) is 24.3 Å². The molecule has 1 aromatic carbocycles. The van der Waals surface area contributed by atoms with Gasteiger partial charge in [-0.3, -0.25) is 4.79 Å². The maximum absolute atomic E-state index is 11.5. The maximum Gasteiger partial charge on any atom is 0.239 e. The first-order valence-corrected chi connectivity index (χ1v) is 7.00. The van der Waals surface area contributed by atoms with Crippen molar-refractivity contribution in [1.82, 2.24) is 5.32 Å². The molecule has 0 fully saturated rings. The zero-order chi connectivity index (χ0) is 14.5. The molecule has 114 valence electrons. The lowest BCUT2D eigenvalue weighted by Gasteiger charge is -2.19. The molecule has 0 aliphatic rings. The number of aliphatic hydroxyl groups excluding tert-OH is 1. The molecule has 1 aromatic rings. The molecule has 0 saturated heterocycles. The zero-order valence-corrected chi connectivity index (χ0v) is 14.4. The van der Waals surface area contributed by atoms with Gasteiger partial charge in [0, 0.05) is 10.1 Å². The third-order valence-corrected chi connectivity index (χ3v) is 3.06. The van der Waals surface area contributed by atoms with E-state index in [2.05, 4.69) is 27.9 Å². The van der Waals surface area contributed by atoms with Crippen LogP contribution in [0.4, 0.5) is 0 Å². The minimum absolute atomic E-state index is 0. The van der Waals surface area contributed by atoms with Crippen molar-refractivity contribution in [2.24, 2.45) is 5.73 Å². The van der Waals surface area contributed by atoms with Crippen molar-refractivity contribution in [1.29, 1.82) is 0 Å². The van der Waals surface area contributed by atoms with Crippen LogP contribution < -0.4 is 15.8 Å². The highest BCUT2D eigenvalue weighted by Crippen LogP contribution is 2.13. The van der Waals surface area contributed by atoms with Crippen molar-refractivity contribution >= 4 is 40.9 Å². The minimum Gasteiger partial charge on any atom is -0.491 e. The monoisotopic (exact) mass is 414 g/mol. The normalized spacial score (nSPS) is 12.2. The first-order valence-electron chi connectivity index (χ1n) is 5.92. The third-order valence-electron chi connectivity index (χ3n) is 2.34. The smallest absolute Gasteiger partial charge is 0.239 e. The van der Waals surface area contributed by atoms with E-state index in [1.165, 1.54) is 0 Å². The average Bonchev–Trinajstić information content (AvgIpc) is 2.34. The maximum atomic E-state index is 11.5. The standard InChI is InChI=1S/C13H19IN2O3.ClH/c1-13(2,15)12(18)16-7-10(17)8-19-11-5-3-9(14)4-6-11;/h3-6,10,17H,7-8,15H2,1-2H3,(H,16,18);1H. The summed E-state index contributed by atoms with van der Waals surface area (Å²) in [5.41, 5.74) is 4.67. The Balaban J connectivity index is 0.00000361. The summed E-state index contributed by atoms with van der Waals surface area (Å²) >= 11 is 2.20. The second kappa shape index (κ2) is 8.66. The van der Waals surface area contributed by atoms with Gasteiger partial charge in [0.15, 0.2) is 0 Å².